The van der Waals surface area contributed by atoms with Crippen LogP contribution in [0.3, 0.4) is 0 Å². The molecule has 0 radical (unpaired) electrons. The molecule has 0 saturated carbocycles. The number of rotatable bonds is 2. The lowest BCUT2D eigenvalue weighted by Crippen LogP contribution is -2.40. The molecule has 0 aliphatic carbocycles. The monoisotopic (exact) mass is 241 g/mol. The minimum absolute atomic E-state index is 0.503. The predicted octanol–water partition coefficient (Wildman–Crippen LogP) is 0.922. The largest absolute Gasteiger partial charge is 0.399 e. The molecular weight excluding hydrogens is 226 g/mol. The van der Waals surface area contributed by atoms with Gasteiger partial charge in [-0.3, -0.25) is 0 Å². The first-order valence-corrected chi connectivity index (χ1v) is 6.59. The highest BCUT2D eigenvalue weighted by molar-refractivity contribution is 7.90. The van der Waals surface area contributed by atoms with Crippen molar-refractivity contribution in [2.24, 2.45) is 0 Å². The van der Waals surface area contributed by atoms with Gasteiger partial charge in [0.25, 0.3) is 0 Å². The maximum atomic E-state index is 12.4. The third kappa shape index (κ3) is 2.18. The molecule has 6 heteroatoms. The van der Waals surface area contributed by atoms with Crippen LogP contribution in [-0.2, 0) is 14.7 Å². The second-order valence-electron chi connectivity index (χ2n) is 3.64. The van der Waals surface area contributed by atoms with E-state index in [1.54, 1.807) is 28.6 Å². The first-order valence-electron chi connectivity index (χ1n) is 5.08. The van der Waals surface area contributed by atoms with Gasteiger partial charge in [0.1, 0.15) is 9.92 Å². The summed E-state index contributed by atoms with van der Waals surface area (Å²) in [6.45, 7) is 2.13. The van der Waals surface area contributed by atoms with E-state index in [9.17, 15) is 4.21 Å². The molecule has 0 amide bonds. The summed E-state index contributed by atoms with van der Waals surface area (Å²) in [7, 11) is -2.88. The Kier molecular flexibility index (Phi) is 3.13. The molecule has 1 unspecified atom stereocenters. The zero-order valence-electron chi connectivity index (χ0n) is 8.89. The van der Waals surface area contributed by atoms with Crippen molar-refractivity contribution in [2.75, 3.05) is 32.0 Å². The molecule has 1 aromatic rings. The van der Waals surface area contributed by atoms with Crippen molar-refractivity contribution in [1.82, 2.24) is 4.31 Å². The van der Waals surface area contributed by atoms with Crippen LogP contribution in [0.15, 0.2) is 29.2 Å². The molecule has 0 aromatic heterocycles. The van der Waals surface area contributed by atoms with E-state index in [0.717, 1.165) is 0 Å². The average Bonchev–Trinajstić information content (AvgIpc) is 2.31. The van der Waals surface area contributed by atoms with E-state index >= 15 is 0 Å². The number of anilines is 1. The van der Waals surface area contributed by atoms with E-state index in [1.165, 1.54) is 0 Å². The lowest BCUT2D eigenvalue weighted by Gasteiger charge is -2.28. The van der Waals surface area contributed by atoms with Gasteiger partial charge in [-0.15, -0.1) is 0 Å². The molecule has 1 heterocycles. The fourth-order valence-corrected chi connectivity index (χ4v) is 3.07. The Bertz CT molecular complexity index is 449. The molecule has 1 saturated heterocycles. The van der Waals surface area contributed by atoms with Crippen LogP contribution in [-0.4, -0.2) is 34.8 Å². The zero-order valence-corrected chi connectivity index (χ0v) is 9.70. The van der Waals surface area contributed by atoms with Gasteiger partial charge in [-0.2, -0.15) is 0 Å². The molecule has 0 spiro atoms. The summed E-state index contributed by atoms with van der Waals surface area (Å²) >= 11 is 0. The van der Waals surface area contributed by atoms with Crippen molar-refractivity contribution in [3.8, 4) is 0 Å². The van der Waals surface area contributed by atoms with Gasteiger partial charge < -0.3 is 10.5 Å². The Morgan fingerprint density at radius 1 is 1.25 bits per heavy atom. The zero-order chi connectivity index (χ0) is 11.6. The lowest BCUT2D eigenvalue weighted by atomic mass is 10.3. The van der Waals surface area contributed by atoms with E-state index in [4.69, 9.17) is 15.3 Å². The number of hydrogen-bond acceptors (Lipinski definition) is 4. The van der Waals surface area contributed by atoms with Gasteiger partial charge in [0, 0.05) is 18.8 Å². The third-order valence-electron chi connectivity index (χ3n) is 2.53. The Labute approximate surface area is 95.3 Å². The minimum atomic E-state index is -2.88. The number of nitrogen functional groups attached to an aromatic ring is 1. The maximum Gasteiger partial charge on any atom is 0.137 e. The summed E-state index contributed by atoms with van der Waals surface area (Å²) in [5, 5.41) is 0. The van der Waals surface area contributed by atoms with Gasteiger partial charge in [0.15, 0.2) is 0 Å². The number of hydrogen-bond donors (Lipinski definition) is 2. The first-order chi connectivity index (χ1) is 7.60. The molecule has 1 atom stereocenters. The Balaban J connectivity index is 2.27. The standard InChI is InChI=1S/C10H15N3O2S/c11-9-1-3-10(4-2-9)16(12,14)13-5-7-15-8-6-13/h1-4,12H,5-8,11H2. The molecule has 88 valence electrons. The maximum absolute atomic E-state index is 12.4. The highest BCUT2D eigenvalue weighted by Crippen LogP contribution is 2.18. The van der Waals surface area contributed by atoms with Gasteiger partial charge >= 0.3 is 0 Å². The van der Waals surface area contributed by atoms with Crippen LogP contribution in [0.25, 0.3) is 0 Å². The Morgan fingerprint density at radius 3 is 2.38 bits per heavy atom. The summed E-state index contributed by atoms with van der Waals surface area (Å²) < 4.78 is 27.2. The predicted molar refractivity (Wildman–Crippen MR) is 62.4 cm³/mol. The number of nitrogens with zero attached hydrogens (tertiary/aromatic N) is 1. The molecule has 1 aromatic carbocycles. The molecule has 2 rings (SSSR count). The summed E-state index contributed by atoms with van der Waals surface area (Å²) in [6, 6.07) is 6.65. The van der Waals surface area contributed by atoms with Crippen molar-refractivity contribution >= 4 is 15.6 Å². The van der Waals surface area contributed by atoms with Crippen LogP contribution < -0.4 is 5.73 Å². The van der Waals surface area contributed by atoms with Gasteiger partial charge in [-0.05, 0) is 24.3 Å². The number of nitrogens with two attached hydrogens (primary N) is 1. The highest BCUT2D eigenvalue weighted by Gasteiger charge is 2.22. The summed E-state index contributed by atoms with van der Waals surface area (Å²) in [4.78, 5) is 0.503. The molecule has 1 fully saturated rings. The fraction of sp³-hybridized carbons (Fsp3) is 0.400. The molecule has 16 heavy (non-hydrogen) atoms. The van der Waals surface area contributed by atoms with Gasteiger partial charge in [-0.1, -0.05) is 0 Å². The highest BCUT2D eigenvalue weighted by atomic mass is 32.2. The second-order valence-corrected chi connectivity index (χ2v) is 5.68. The normalized spacial score (nSPS) is 21.5. The molecule has 5 nitrogen and oxygen atoms in total. The molecule has 0 bridgehead atoms. The van der Waals surface area contributed by atoms with E-state index in [0.29, 0.717) is 36.9 Å². The number of nitrogens with one attached hydrogen (secondary N) is 1. The topological polar surface area (TPSA) is 79.4 Å². The SMILES string of the molecule is N=S(=O)(c1ccc(N)cc1)N1CCOCC1. The molecule has 1 aliphatic heterocycles. The van der Waals surface area contributed by atoms with E-state index in [1.807, 2.05) is 0 Å². The first kappa shape index (κ1) is 11.4. The van der Waals surface area contributed by atoms with Crippen molar-refractivity contribution in [3.05, 3.63) is 24.3 Å². The second kappa shape index (κ2) is 4.40. The number of morpholine rings is 1. The van der Waals surface area contributed by atoms with Crippen LogP contribution in [0.5, 0.6) is 0 Å². The van der Waals surface area contributed by atoms with Crippen LogP contribution in [0, 0.1) is 4.78 Å². The van der Waals surface area contributed by atoms with E-state index in [-0.39, 0.29) is 0 Å². The van der Waals surface area contributed by atoms with Gasteiger partial charge in [-0.25, -0.2) is 13.3 Å². The smallest absolute Gasteiger partial charge is 0.137 e. The number of ether oxygens (including phenoxy) is 1. The third-order valence-corrected chi connectivity index (χ3v) is 4.54. The Hall–Kier alpha value is -1.11. The van der Waals surface area contributed by atoms with E-state index in [2.05, 4.69) is 0 Å². The summed E-state index contributed by atoms with van der Waals surface area (Å²) in [5.74, 6) is 0. The molecular formula is C10H15N3O2S. The van der Waals surface area contributed by atoms with Crippen LogP contribution in [0.2, 0.25) is 0 Å². The van der Waals surface area contributed by atoms with Gasteiger partial charge in [0.05, 0.1) is 18.1 Å². The summed E-state index contributed by atoms with van der Waals surface area (Å²) in [6.07, 6.45) is 0. The molecule has 1 aliphatic rings. The van der Waals surface area contributed by atoms with Crippen LogP contribution in [0.4, 0.5) is 5.69 Å². The number of benzene rings is 1. The average molecular weight is 241 g/mol. The van der Waals surface area contributed by atoms with Gasteiger partial charge in [0.2, 0.25) is 0 Å². The van der Waals surface area contributed by atoms with Crippen molar-refractivity contribution in [3.63, 3.8) is 0 Å². The minimum Gasteiger partial charge on any atom is -0.399 e. The van der Waals surface area contributed by atoms with Crippen LogP contribution >= 0.6 is 0 Å². The fourth-order valence-electron chi connectivity index (χ4n) is 1.61. The lowest BCUT2D eigenvalue weighted by molar-refractivity contribution is 0.0743. The van der Waals surface area contributed by atoms with Crippen LogP contribution in [0.1, 0.15) is 0 Å². The molecule has 3 N–H and O–H groups in total. The Morgan fingerprint density at radius 2 is 1.81 bits per heavy atom. The quantitative estimate of drug-likeness (QED) is 0.756. The van der Waals surface area contributed by atoms with Crippen molar-refractivity contribution < 1.29 is 8.95 Å². The van der Waals surface area contributed by atoms with Crippen molar-refractivity contribution in [1.29, 1.82) is 4.78 Å². The summed E-state index contributed by atoms with van der Waals surface area (Å²) in [5.41, 5.74) is 6.17. The van der Waals surface area contributed by atoms with Crippen molar-refractivity contribution in [2.45, 2.75) is 4.90 Å². The van der Waals surface area contributed by atoms with E-state index < -0.39 is 9.92 Å².